The monoisotopic (exact) mass is 311 g/mol. The van der Waals surface area contributed by atoms with E-state index < -0.39 is 5.97 Å². The van der Waals surface area contributed by atoms with Gasteiger partial charge < -0.3 is 19.9 Å². The Morgan fingerprint density at radius 3 is 2.52 bits per heavy atom. The van der Waals surface area contributed by atoms with Crippen LogP contribution in [0, 0.1) is 0 Å². The van der Waals surface area contributed by atoms with Gasteiger partial charge in [0.15, 0.2) is 0 Å². The first-order valence-corrected chi connectivity index (χ1v) is 7.24. The molecule has 0 aromatic heterocycles. The van der Waals surface area contributed by atoms with Gasteiger partial charge in [-0.3, -0.25) is 0 Å². The lowest BCUT2D eigenvalue weighted by atomic mass is 10.0. The van der Waals surface area contributed by atoms with Crippen molar-refractivity contribution < 1.29 is 19.0 Å². The highest BCUT2D eigenvalue weighted by Crippen LogP contribution is 2.11. The number of rotatable bonds is 10. The van der Waals surface area contributed by atoms with Crippen LogP contribution in [-0.4, -0.2) is 44.0 Å². The van der Waals surface area contributed by atoms with Crippen molar-refractivity contribution in [2.24, 2.45) is 5.73 Å². The van der Waals surface area contributed by atoms with Gasteiger partial charge in [-0.05, 0) is 18.6 Å². The topological polar surface area (TPSA) is 70.8 Å². The van der Waals surface area contributed by atoms with Crippen LogP contribution in [0.2, 0.25) is 0 Å². The minimum atomic E-state index is -0.393. The molecular formula is C15H21NO4S. The van der Waals surface area contributed by atoms with E-state index in [0.29, 0.717) is 43.4 Å². The molecule has 1 aromatic carbocycles. The van der Waals surface area contributed by atoms with Gasteiger partial charge in [0.25, 0.3) is 0 Å². The molecule has 21 heavy (non-hydrogen) atoms. The van der Waals surface area contributed by atoms with Gasteiger partial charge in [0.2, 0.25) is 0 Å². The van der Waals surface area contributed by atoms with Crippen molar-refractivity contribution in [3.63, 3.8) is 0 Å². The minimum Gasteiger partial charge on any atom is -0.460 e. The highest BCUT2D eigenvalue weighted by Gasteiger charge is 2.12. The molecular weight excluding hydrogens is 290 g/mol. The van der Waals surface area contributed by atoms with E-state index in [2.05, 4.69) is 0 Å². The summed E-state index contributed by atoms with van der Waals surface area (Å²) in [5, 5.41) is 0. The summed E-state index contributed by atoms with van der Waals surface area (Å²) in [5.74, 6) is -0.393. The summed E-state index contributed by atoms with van der Waals surface area (Å²) < 4.78 is 15.6. The number of carbonyl (C=O) groups excluding carboxylic acids is 1. The lowest BCUT2D eigenvalue weighted by molar-refractivity contribution is 0.0163. The van der Waals surface area contributed by atoms with Crippen LogP contribution >= 0.6 is 12.2 Å². The van der Waals surface area contributed by atoms with Crippen LogP contribution in [0.25, 0.3) is 0 Å². The fraction of sp³-hybridized carbons (Fsp3) is 0.467. The van der Waals surface area contributed by atoms with Gasteiger partial charge >= 0.3 is 5.97 Å². The molecule has 0 fully saturated rings. The van der Waals surface area contributed by atoms with Gasteiger partial charge in [-0.2, -0.15) is 0 Å². The molecule has 0 saturated carbocycles. The fourth-order valence-corrected chi connectivity index (χ4v) is 1.85. The predicted octanol–water partition coefficient (Wildman–Crippen LogP) is 1.73. The number of hydrogen-bond donors (Lipinski definition) is 1. The quantitative estimate of drug-likeness (QED) is 0.403. The van der Waals surface area contributed by atoms with E-state index in [1.807, 2.05) is 19.1 Å². The Kier molecular flexibility index (Phi) is 8.57. The number of nitrogens with two attached hydrogens (primary N) is 1. The van der Waals surface area contributed by atoms with Crippen molar-refractivity contribution in [1.82, 2.24) is 0 Å². The Morgan fingerprint density at radius 2 is 1.81 bits per heavy atom. The summed E-state index contributed by atoms with van der Waals surface area (Å²) in [6.07, 6.45) is 0.380. The van der Waals surface area contributed by atoms with Crippen LogP contribution in [0.5, 0.6) is 0 Å². The van der Waals surface area contributed by atoms with Crippen LogP contribution in [0.1, 0.15) is 22.8 Å². The second-order valence-electron chi connectivity index (χ2n) is 4.25. The second-order valence-corrected chi connectivity index (χ2v) is 4.77. The SMILES string of the molecule is CCOCCOCCOC(=O)c1ccccc1CC(N)=S. The van der Waals surface area contributed by atoms with Crippen molar-refractivity contribution in [2.75, 3.05) is 33.0 Å². The van der Waals surface area contributed by atoms with Gasteiger partial charge in [-0.1, -0.05) is 30.4 Å². The summed E-state index contributed by atoms with van der Waals surface area (Å²) in [7, 11) is 0. The standard InChI is InChI=1S/C15H21NO4S/c1-2-18-7-8-19-9-10-20-15(17)13-6-4-3-5-12(13)11-14(16)21/h3-6H,2,7-11H2,1H3,(H2,16,21). The summed E-state index contributed by atoms with van der Waals surface area (Å²) >= 11 is 4.87. The smallest absolute Gasteiger partial charge is 0.338 e. The highest BCUT2D eigenvalue weighted by atomic mass is 32.1. The molecule has 6 heteroatoms. The van der Waals surface area contributed by atoms with Crippen LogP contribution < -0.4 is 5.73 Å². The molecule has 0 atom stereocenters. The maximum absolute atomic E-state index is 12.0. The summed E-state index contributed by atoms with van der Waals surface area (Å²) in [4.78, 5) is 12.3. The van der Waals surface area contributed by atoms with E-state index in [9.17, 15) is 4.79 Å². The van der Waals surface area contributed by atoms with Crippen molar-refractivity contribution in [3.05, 3.63) is 35.4 Å². The molecule has 0 aliphatic carbocycles. The van der Waals surface area contributed by atoms with Crippen LogP contribution in [0.3, 0.4) is 0 Å². The molecule has 5 nitrogen and oxygen atoms in total. The van der Waals surface area contributed by atoms with Gasteiger partial charge in [0, 0.05) is 13.0 Å². The molecule has 0 heterocycles. The average Bonchev–Trinajstić information content (AvgIpc) is 2.46. The lowest BCUT2D eigenvalue weighted by Gasteiger charge is -2.09. The first-order chi connectivity index (χ1) is 10.1. The van der Waals surface area contributed by atoms with Crippen LogP contribution in [0.4, 0.5) is 0 Å². The van der Waals surface area contributed by atoms with E-state index >= 15 is 0 Å². The molecule has 0 bridgehead atoms. The first-order valence-electron chi connectivity index (χ1n) is 6.84. The Balaban J connectivity index is 2.36. The predicted molar refractivity (Wildman–Crippen MR) is 84.5 cm³/mol. The molecule has 0 unspecified atom stereocenters. The zero-order valence-electron chi connectivity index (χ0n) is 12.2. The number of benzene rings is 1. The highest BCUT2D eigenvalue weighted by molar-refractivity contribution is 7.80. The molecule has 0 spiro atoms. The zero-order chi connectivity index (χ0) is 15.5. The summed E-state index contributed by atoms with van der Waals surface area (Å²) in [6.45, 7) is 4.16. The molecule has 116 valence electrons. The Hall–Kier alpha value is -1.50. The van der Waals surface area contributed by atoms with Crippen molar-refractivity contribution >= 4 is 23.2 Å². The third-order valence-corrected chi connectivity index (χ3v) is 2.78. The third-order valence-electron chi connectivity index (χ3n) is 2.64. The van der Waals surface area contributed by atoms with Gasteiger partial charge in [-0.15, -0.1) is 0 Å². The Morgan fingerprint density at radius 1 is 1.14 bits per heavy atom. The zero-order valence-corrected chi connectivity index (χ0v) is 13.0. The van der Waals surface area contributed by atoms with E-state index in [4.69, 9.17) is 32.2 Å². The summed E-state index contributed by atoms with van der Waals surface area (Å²) in [6, 6.07) is 7.12. The average molecular weight is 311 g/mol. The number of hydrogen-bond acceptors (Lipinski definition) is 5. The van der Waals surface area contributed by atoms with Crippen molar-refractivity contribution in [1.29, 1.82) is 0 Å². The molecule has 1 rings (SSSR count). The maximum atomic E-state index is 12.0. The van der Waals surface area contributed by atoms with Crippen molar-refractivity contribution in [2.45, 2.75) is 13.3 Å². The molecule has 0 aliphatic rings. The molecule has 2 N–H and O–H groups in total. The minimum absolute atomic E-state index is 0.201. The number of thiocarbonyl (C=S) groups is 1. The number of carbonyl (C=O) groups is 1. The Labute approximate surface area is 130 Å². The lowest BCUT2D eigenvalue weighted by Crippen LogP contribution is -2.17. The van der Waals surface area contributed by atoms with E-state index in [0.717, 1.165) is 5.56 Å². The van der Waals surface area contributed by atoms with Crippen LogP contribution in [-0.2, 0) is 20.6 Å². The number of esters is 1. The van der Waals surface area contributed by atoms with Crippen molar-refractivity contribution in [3.8, 4) is 0 Å². The molecule has 0 aliphatic heterocycles. The van der Waals surface area contributed by atoms with E-state index in [1.54, 1.807) is 12.1 Å². The molecule has 0 saturated heterocycles. The van der Waals surface area contributed by atoms with Gasteiger partial charge in [0.05, 0.1) is 30.4 Å². The first kappa shape index (κ1) is 17.6. The van der Waals surface area contributed by atoms with E-state index in [1.165, 1.54) is 0 Å². The van der Waals surface area contributed by atoms with E-state index in [-0.39, 0.29) is 6.61 Å². The van der Waals surface area contributed by atoms with Gasteiger partial charge in [-0.25, -0.2) is 4.79 Å². The molecule has 0 amide bonds. The normalized spacial score (nSPS) is 10.3. The summed E-state index contributed by atoms with van der Waals surface area (Å²) in [5.41, 5.74) is 6.78. The molecule has 1 aromatic rings. The van der Waals surface area contributed by atoms with Crippen LogP contribution in [0.15, 0.2) is 24.3 Å². The third kappa shape index (κ3) is 7.17. The largest absolute Gasteiger partial charge is 0.460 e. The Bertz CT molecular complexity index is 465. The van der Waals surface area contributed by atoms with Gasteiger partial charge in [0.1, 0.15) is 6.61 Å². The fourth-order valence-electron chi connectivity index (χ4n) is 1.70. The maximum Gasteiger partial charge on any atom is 0.338 e. The number of ether oxygens (including phenoxy) is 3. The second kappa shape index (κ2) is 10.3. The molecule has 0 radical (unpaired) electrons.